The summed E-state index contributed by atoms with van der Waals surface area (Å²) in [7, 11) is 0. The van der Waals surface area contributed by atoms with Crippen molar-refractivity contribution in [1.82, 2.24) is 106 Å². The third-order valence-corrected chi connectivity index (χ3v) is 6.10. The maximum absolute atomic E-state index is 3.92. The molecule has 0 radical (unpaired) electrons. The number of aryl methyl sites for hydroxylation is 9. The van der Waals surface area contributed by atoms with E-state index >= 15 is 0 Å². The molecule has 9 heterocycles. The minimum absolute atomic E-state index is 0.711. The van der Waals surface area contributed by atoms with E-state index in [9.17, 15) is 0 Å². The Labute approximate surface area is 490 Å². The van der Waals surface area contributed by atoms with E-state index in [-0.39, 0.29) is 0 Å². The minimum atomic E-state index is 0.711. The Hall–Kier alpha value is -8.49. The Balaban J connectivity index is -0.0000000993. The smallest absolute Gasteiger partial charge is 0.147 e. The summed E-state index contributed by atoms with van der Waals surface area (Å²) in [5.74, 6) is 2.29. The summed E-state index contributed by atoms with van der Waals surface area (Å²) in [6.07, 6.45) is 31.0. The molecule has 9 aromatic heterocycles. The monoisotopic (exact) mass is 1120 g/mol. The number of hydrogen-bond donors (Lipinski definition) is 0. The molecule has 0 fully saturated rings. The molecule has 21 nitrogen and oxygen atoms in total. The number of aromatic nitrogens is 21. The average molecular weight is 1120 g/mol. The van der Waals surface area contributed by atoms with E-state index in [4.69, 9.17) is 0 Å². The van der Waals surface area contributed by atoms with Crippen molar-refractivity contribution < 1.29 is 0 Å². The van der Waals surface area contributed by atoms with Gasteiger partial charge < -0.3 is 0 Å². The Morgan fingerprint density at radius 3 is 0.938 bits per heavy atom. The van der Waals surface area contributed by atoms with Crippen molar-refractivity contribution in [2.75, 3.05) is 0 Å². The fourth-order valence-electron chi connectivity index (χ4n) is 3.13. The van der Waals surface area contributed by atoms with Crippen LogP contribution >= 0.6 is 0 Å². The first-order chi connectivity index (χ1) is 39.5. The molecule has 9 rings (SSSR count). The van der Waals surface area contributed by atoms with E-state index in [1.165, 1.54) is 37.2 Å². The molecule has 0 aliphatic heterocycles. The van der Waals surface area contributed by atoms with Gasteiger partial charge in [-0.2, -0.15) is 25.5 Å². The van der Waals surface area contributed by atoms with Gasteiger partial charge in [-0.3, -0.25) is 15.0 Å². The molecule has 81 heavy (non-hydrogen) atoms. The zero-order chi connectivity index (χ0) is 64.0. The minimum Gasteiger partial charge on any atom is -0.264 e. The highest BCUT2D eigenvalue weighted by atomic mass is 15.1. The van der Waals surface area contributed by atoms with Crippen LogP contribution in [0.1, 0.15) is 176 Å². The third kappa shape index (κ3) is 85.7. The summed E-state index contributed by atoms with van der Waals surface area (Å²) >= 11 is 0. The highest BCUT2D eigenvalue weighted by molar-refractivity contribution is 5.04. The molecule has 0 bridgehead atoms. The molecular formula is C60H105N21. The zero-order valence-electron chi connectivity index (χ0n) is 54.7. The molecule has 0 aromatic carbocycles. The number of pyridine rings is 1. The van der Waals surface area contributed by atoms with Gasteiger partial charge in [-0.25, -0.2) is 49.8 Å². The lowest BCUT2D eigenvalue weighted by Crippen LogP contribution is -1.85. The summed E-state index contributed by atoms with van der Waals surface area (Å²) < 4.78 is 0. The van der Waals surface area contributed by atoms with Crippen LogP contribution in [0.5, 0.6) is 0 Å². The van der Waals surface area contributed by atoms with Crippen LogP contribution in [0, 0.1) is 62.3 Å². The molecule has 0 aliphatic rings. The van der Waals surface area contributed by atoms with E-state index in [0.29, 0.717) is 5.82 Å². The van der Waals surface area contributed by atoms with E-state index in [1.54, 1.807) is 93.5 Å². The van der Waals surface area contributed by atoms with Crippen molar-refractivity contribution in [1.29, 1.82) is 0 Å². The molecule has 9 aromatic rings. The van der Waals surface area contributed by atoms with E-state index in [1.807, 2.05) is 210 Å². The first kappa shape index (κ1) is 91.9. The number of hydrogen-bond acceptors (Lipinski definition) is 21. The van der Waals surface area contributed by atoms with Crippen LogP contribution in [0.25, 0.3) is 0 Å². The van der Waals surface area contributed by atoms with Gasteiger partial charge in [-0.05, 0) is 97.7 Å². The maximum atomic E-state index is 3.92. The Kier molecular flexibility index (Phi) is 100. The largest absolute Gasteiger partial charge is 0.264 e. The molecule has 0 saturated carbocycles. The van der Waals surface area contributed by atoms with Gasteiger partial charge in [0.2, 0.25) is 0 Å². The second-order valence-corrected chi connectivity index (χ2v) is 11.8. The second kappa shape index (κ2) is 88.1. The molecule has 21 heteroatoms. The first-order valence-corrected chi connectivity index (χ1v) is 27.7. The van der Waals surface area contributed by atoms with Gasteiger partial charge in [-0.15, -0.1) is 15.3 Å². The lowest BCUT2D eigenvalue weighted by Gasteiger charge is -1.82. The fourth-order valence-corrected chi connectivity index (χ4v) is 3.13. The third-order valence-electron chi connectivity index (χ3n) is 6.10. The predicted octanol–water partition coefficient (Wildman–Crippen LogP) is 14.5. The summed E-state index contributed by atoms with van der Waals surface area (Å²) in [4.78, 5) is 49.4. The Morgan fingerprint density at radius 2 is 0.716 bits per heavy atom. The van der Waals surface area contributed by atoms with Crippen LogP contribution in [-0.2, 0) is 0 Å². The van der Waals surface area contributed by atoms with Crippen molar-refractivity contribution in [3.05, 3.63) is 200 Å². The van der Waals surface area contributed by atoms with Crippen LogP contribution in [-0.4, -0.2) is 106 Å². The Bertz CT molecular complexity index is 1770. The highest BCUT2D eigenvalue weighted by Gasteiger charge is 1.80. The van der Waals surface area contributed by atoms with Crippen molar-refractivity contribution >= 4 is 0 Å². The Morgan fingerprint density at radius 1 is 0.222 bits per heavy atom. The first-order valence-electron chi connectivity index (χ1n) is 27.7. The predicted molar refractivity (Wildman–Crippen MR) is 336 cm³/mol. The molecule has 0 atom stereocenters. The van der Waals surface area contributed by atoms with Gasteiger partial charge in [0, 0.05) is 67.7 Å². The van der Waals surface area contributed by atoms with E-state index in [2.05, 4.69) is 106 Å². The quantitative estimate of drug-likeness (QED) is 0.136. The summed E-state index contributed by atoms with van der Waals surface area (Å²) in [6, 6.07) is 9.52. The summed E-state index contributed by atoms with van der Waals surface area (Å²) in [6.45, 7) is 53.0. The van der Waals surface area contributed by atoms with Crippen molar-refractivity contribution in [2.45, 2.75) is 187 Å². The highest BCUT2D eigenvalue weighted by Crippen LogP contribution is 1.89. The summed E-state index contributed by atoms with van der Waals surface area (Å²) in [5.41, 5.74) is 6.08. The fraction of sp³-hybridized carbons (Fsp3) is 0.450. The normalized spacial score (nSPS) is 7.44. The van der Waals surface area contributed by atoms with Crippen LogP contribution < -0.4 is 0 Å². The van der Waals surface area contributed by atoms with Gasteiger partial charge in [0.25, 0.3) is 0 Å². The van der Waals surface area contributed by atoms with Gasteiger partial charge in [0.1, 0.15) is 49.1 Å². The second-order valence-electron chi connectivity index (χ2n) is 11.8. The maximum Gasteiger partial charge on any atom is 0.147 e. The van der Waals surface area contributed by atoms with Gasteiger partial charge in [0.05, 0.1) is 41.9 Å². The molecule has 0 N–H and O–H groups in total. The van der Waals surface area contributed by atoms with Gasteiger partial charge >= 0.3 is 0 Å². The van der Waals surface area contributed by atoms with E-state index < -0.39 is 0 Å². The zero-order valence-corrected chi connectivity index (χ0v) is 54.7. The molecule has 0 aliphatic carbocycles. The molecule has 0 unspecified atom stereocenters. The molecule has 0 spiro atoms. The van der Waals surface area contributed by atoms with Crippen molar-refractivity contribution in [2.24, 2.45) is 0 Å². The standard InChI is InChI=1S/C6H7N.4C5H6N2.4C4H5N3.9C2H6/c1-6-3-2-4-7-5-6;1-5-4-6-2-3-7-5;1-5-2-3-6-4-7-5;1-5-2-3-6-7-4-5;1-5-6-3-2-4-7-5;1-4-6-2-5-3-7-4;1-4-2-6-7-3-5-4;1-4-2-5-3-6-7-4;1-4-5-2-3-6-7-4;9*1-2/h2-5H,1H3;4*2-4H,1H3;4*2-3H,1H3;9*1-2H3. The molecule has 0 saturated heterocycles. The number of rotatable bonds is 0. The molecule has 450 valence electrons. The van der Waals surface area contributed by atoms with Crippen molar-refractivity contribution in [3.8, 4) is 0 Å². The van der Waals surface area contributed by atoms with Gasteiger partial charge in [-0.1, -0.05) is 131 Å². The van der Waals surface area contributed by atoms with Crippen LogP contribution in [0.4, 0.5) is 0 Å². The van der Waals surface area contributed by atoms with Gasteiger partial charge in [0.15, 0.2) is 0 Å². The van der Waals surface area contributed by atoms with Crippen LogP contribution in [0.3, 0.4) is 0 Å². The molecule has 0 amide bonds. The lowest BCUT2D eigenvalue weighted by molar-refractivity contribution is 0.907. The summed E-state index contributed by atoms with van der Waals surface area (Å²) in [5, 5.41) is 28.7. The lowest BCUT2D eigenvalue weighted by atomic mass is 10.3. The number of nitrogens with zero attached hydrogens (tertiary/aromatic N) is 21. The van der Waals surface area contributed by atoms with E-state index in [0.717, 1.165) is 40.0 Å². The topological polar surface area (TPSA) is 271 Å². The average Bonchev–Trinajstić information content (AvgIpc) is 3.55. The van der Waals surface area contributed by atoms with Crippen molar-refractivity contribution in [3.63, 3.8) is 0 Å². The van der Waals surface area contributed by atoms with Crippen LogP contribution in [0.15, 0.2) is 149 Å². The molecular weight excluding hydrogens is 1010 g/mol. The SMILES string of the molecule is CC.CC.CC.CC.CC.CC.CC.CC.CC.Cc1cccnc1.Cc1ccncn1.Cc1ccnnc1.Cc1cnccn1.Cc1cncnn1.Cc1cnncn1.Cc1ncccn1.Cc1nccnn1.Cc1ncncn1. The van der Waals surface area contributed by atoms with Crippen LogP contribution in [0.2, 0.25) is 0 Å².